The minimum atomic E-state index is -4.45. The third-order valence-corrected chi connectivity index (χ3v) is 7.03. The largest absolute Gasteiger partial charge is 0.494 e. The number of hydrogen-bond donors (Lipinski definition) is 2. The Balaban J connectivity index is 2.12. The normalized spacial score (nSPS) is 12.3. The zero-order valence-electron chi connectivity index (χ0n) is 16.9. The number of amides is 1. The van der Waals surface area contributed by atoms with E-state index in [1.165, 1.54) is 31.5 Å². The van der Waals surface area contributed by atoms with E-state index >= 15 is 0 Å². The highest BCUT2D eigenvalue weighted by Crippen LogP contribution is 2.30. The number of anilines is 1. The van der Waals surface area contributed by atoms with Gasteiger partial charge in [0.1, 0.15) is 5.75 Å². The Morgan fingerprint density at radius 3 is 2.16 bits per heavy atom. The lowest BCUT2D eigenvalue weighted by Crippen LogP contribution is -2.53. The SMILES string of the molecule is CC(C)(C(=O)NO)S(=O)(=O)N(CCCOc1ccc(C(F)(F)F)cc1)c1ccccc1. The number of sulfonamides is 1. The van der Waals surface area contributed by atoms with E-state index in [1.807, 2.05) is 0 Å². The zero-order chi connectivity index (χ0) is 23.3. The number of carbonyl (C=O) groups excluding carboxylic acids is 1. The second kappa shape index (κ2) is 9.56. The molecule has 7 nitrogen and oxygen atoms in total. The molecule has 0 saturated carbocycles. The predicted octanol–water partition coefficient (Wildman–Crippen LogP) is 3.59. The molecule has 0 spiro atoms. The number of alkyl halides is 3. The molecule has 0 heterocycles. The first-order valence-electron chi connectivity index (χ1n) is 9.23. The molecule has 0 aromatic heterocycles. The van der Waals surface area contributed by atoms with Crippen LogP contribution in [-0.2, 0) is 21.0 Å². The molecule has 0 radical (unpaired) electrons. The van der Waals surface area contributed by atoms with Crippen molar-refractivity contribution in [3.05, 3.63) is 60.2 Å². The summed E-state index contributed by atoms with van der Waals surface area (Å²) in [6.45, 7) is 2.30. The zero-order valence-corrected chi connectivity index (χ0v) is 17.7. The fourth-order valence-corrected chi connectivity index (χ4v) is 4.25. The number of ether oxygens (including phenoxy) is 1. The summed E-state index contributed by atoms with van der Waals surface area (Å²) in [6, 6.07) is 12.2. The number of carbonyl (C=O) groups is 1. The highest BCUT2D eigenvalue weighted by Gasteiger charge is 2.45. The molecule has 11 heteroatoms. The summed E-state index contributed by atoms with van der Waals surface area (Å²) in [4.78, 5) is 12.0. The van der Waals surface area contributed by atoms with Gasteiger partial charge in [-0.1, -0.05) is 18.2 Å². The van der Waals surface area contributed by atoms with Gasteiger partial charge in [-0.05, 0) is 50.2 Å². The van der Waals surface area contributed by atoms with Gasteiger partial charge in [-0.3, -0.25) is 14.3 Å². The molecule has 2 aromatic carbocycles. The Morgan fingerprint density at radius 2 is 1.65 bits per heavy atom. The van der Waals surface area contributed by atoms with Gasteiger partial charge >= 0.3 is 6.18 Å². The van der Waals surface area contributed by atoms with Crippen molar-refractivity contribution in [1.82, 2.24) is 5.48 Å². The average molecular weight is 460 g/mol. The van der Waals surface area contributed by atoms with Crippen LogP contribution in [-0.4, -0.2) is 37.4 Å². The van der Waals surface area contributed by atoms with Gasteiger partial charge in [0.25, 0.3) is 5.91 Å². The number of hydrogen-bond acceptors (Lipinski definition) is 5. The number of para-hydroxylation sites is 1. The molecule has 0 saturated heterocycles. The van der Waals surface area contributed by atoms with Crippen molar-refractivity contribution in [1.29, 1.82) is 0 Å². The van der Waals surface area contributed by atoms with E-state index in [0.717, 1.165) is 16.4 Å². The molecule has 170 valence electrons. The van der Waals surface area contributed by atoms with Gasteiger partial charge in [0.15, 0.2) is 4.75 Å². The van der Waals surface area contributed by atoms with E-state index in [9.17, 15) is 26.4 Å². The van der Waals surface area contributed by atoms with E-state index in [4.69, 9.17) is 9.94 Å². The van der Waals surface area contributed by atoms with Crippen LogP contribution in [0.1, 0.15) is 25.8 Å². The molecule has 2 rings (SSSR count). The maximum Gasteiger partial charge on any atom is 0.416 e. The lowest BCUT2D eigenvalue weighted by atomic mass is 10.2. The summed E-state index contributed by atoms with van der Waals surface area (Å²) in [5, 5.41) is 8.92. The summed E-state index contributed by atoms with van der Waals surface area (Å²) in [6.07, 6.45) is -4.26. The Labute approximate surface area is 178 Å². The number of benzene rings is 2. The van der Waals surface area contributed by atoms with Crippen molar-refractivity contribution in [3.63, 3.8) is 0 Å². The second-order valence-electron chi connectivity index (χ2n) is 7.09. The fourth-order valence-electron chi connectivity index (χ4n) is 2.65. The monoisotopic (exact) mass is 460 g/mol. The summed E-state index contributed by atoms with van der Waals surface area (Å²) >= 11 is 0. The van der Waals surface area contributed by atoms with Crippen molar-refractivity contribution in [2.75, 3.05) is 17.5 Å². The number of halogens is 3. The van der Waals surface area contributed by atoms with Crippen LogP contribution in [0.2, 0.25) is 0 Å². The topological polar surface area (TPSA) is 95.9 Å². The van der Waals surface area contributed by atoms with Crippen LogP contribution in [0.3, 0.4) is 0 Å². The highest BCUT2D eigenvalue weighted by molar-refractivity contribution is 7.94. The lowest BCUT2D eigenvalue weighted by Gasteiger charge is -2.32. The average Bonchev–Trinajstić information content (AvgIpc) is 2.73. The molecule has 0 fully saturated rings. The predicted molar refractivity (Wildman–Crippen MR) is 108 cm³/mol. The van der Waals surface area contributed by atoms with Crippen molar-refractivity contribution in [2.24, 2.45) is 0 Å². The van der Waals surface area contributed by atoms with Gasteiger partial charge < -0.3 is 4.74 Å². The van der Waals surface area contributed by atoms with Gasteiger partial charge in [0.05, 0.1) is 17.9 Å². The summed E-state index contributed by atoms with van der Waals surface area (Å²) < 4.78 is 68.7. The molecule has 2 N–H and O–H groups in total. The molecular formula is C20H23F3N2O5S. The van der Waals surface area contributed by atoms with E-state index in [2.05, 4.69) is 0 Å². The van der Waals surface area contributed by atoms with Crippen LogP contribution in [0, 0.1) is 0 Å². The summed E-state index contributed by atoms with van der Waals surface area (Å²) in [7, 11) is -4.25. The molecular weight excluding hydrogens is 437 g/mol. The number of rotatable bonds is 9. The molecule has 0 aliphatic rings. The Hall–Kier alpha value is -2.79. The molecule has 0 aliphatic carbocycles. The van der Waals surface area contributed by atoms with Crippen LogP contribution in [0.15, 0.2) is 54.6 Å². The van der Waals surface area contributed by atoms with E-state index in [1.54, 1.807) is 30.3 Å². The van der Waals surface area contributed by atoms with Crippen LogP contribution < -0.4 is 14.5 Å². The smallest absolute Gasteiger partial charge is 0.416 e. The second-order valence-corrected chi connectivity index (χ2v) is 9.50. The number of hydroxylamine groups is 1. The molecule has 2 aromatic rings. The molecule has 1 amide bonds. The first-order valence-corrected chi connectivity index (χ1v) is 10.7. The minimum absolute atomic E-state index is 0.0246. The minimum Gasteiger partial charge on any atom is -0.494 e. The molecule has 31 heavy (non-hydrogen) atoms. The van der Waals surface area contributed by atoms with Crippen LogP contribution in [0.5, 0.6) is 5.75 Å². The van der Waals surface area contributed by atoms with Crippen LogP contribution in [0.4, 0.5) is 18.9 Å². The molecule has 0 bridgehead atoms. The third-order valence-electron chi connectivity index (χ3n) is 4.58. The van der Waals surface area contributed by atoms with E-state index in [-0.39, 0.29) is 25.3 Å². The van der Waals surface area contributed by atoms with Gasteiger partial charge in [-0.25, -0.2) is 13.9 Å². The Kier molecular flexibility index (Phi) is 7.55. The maximum absolute atomic E-state index is 13.2. The van der Waals surface area contributed by atoms with Gasteiger partial charge in [-0.2, -0.15) is 13.2 Å². The standard InChI is InChI=1S/C20H23F3N2O5S/c1-19(2,18(26)24-27)31(28,29)25(16-7-4-3-5-8-16)13-6-14-30-17-11-9-15(10-12-17)20(21,22)23/h3-5,7-12,27H,6,13-14H2,1-2H3,(H,24,26). The van der Waals surface area contributed by atoms with Gasteiger partial charge in [0, 0.05) is 13.0 Å². The molecule has 0 atom stereocenters. The summed E-state index contributed by atoms with van der Waals surface area (Å²) in [5.41, 5.74) is 0.887. The number of nitrogens with one attached hydrogen (secondary N) is 1. The van der Waals surface area contributed by atoms with Crippen LogP contribution >= 0.6 is 0 Å². The molecule has 0 unspecified atom stereocenters. The quantitative estimate of drug-likeness (QED) is 0.339. The van der Waals surface area contributed by atoms with Crippen molar-refractivity contribution in [3.8, 4) is 5.75 Å². The lowest BCUT2D eigenvalue weighted by molar-refractivity contribution is -0.137. The van der Waals surface area contributed by atoms with Gasteiger partial charge in [-0.15, -0.1) is 0 Å². The van der Waals surface area contributed by atoms with E-state index < -0.39 is 32.4 Å². The van der Waals surface area contributed by atoms with Crippen molar-refractivity contribution >= 4 is 21.6 Å². The van der Waals surface area contributed by atoms with Crippen molar-refractivity contribution in [2.45, 2.75) is 31.2 Å². The maximum atomic E-state index is 13.2. The highest BCUT2D eigenvalue weighted by atomic mass is 32.2. The Bertz CT molecular complexity index is 978. The first-order chi connectivity index (χ1) is 14.4. The summed E-state index contributed by atoms with van der Waals surface area (Å²) in [5.74, 6) is -0.878. The number of nitrogens with zero attached hydrogens (tertiary/aromatic N) is 1. The Morgan fingerprint density at radius 1 is 1.06 bits per heavy atom. The van der Waals surface area contributed by atoms with Crippen molar-refractivity contribution < 1.29 is 36.3 Å². The molecule has 0 aliphatic heterocycles. The van der Waals surface area contributed by atoms with E-state index in [0.29, 0.717) is 5.69 Å². The van der Waals surface area contributed by atoms with Crippen LogP contribution in [0.25, 0.3) is 0 Å². The first kappa shape index (κ1) is 24.5. The fraction of sp³-hybridized carbons (Fsp3) is 0.350. The van der Waals surface area contributed by atoms with Gasteiger partial charge in [0.2, 0.25) is 10.0 Å². The third kappa shape index (κ3) is 5.67.